The first-order valence-corrected chi connectivity index (χ1v) is 14.9. The fourth-order valence-electron chi connectivity index (χ4n) is 5.87. The van der Waals surface area contributed by atoms with Crippen LogP contribution in [-0.4, -0.2) is 101 Å². The Bertz CT molecular complexity index is 1520. The Morgan fingerprint density at radius 2 is 2.02 bits per heavy atom. The molecule has 1 aromatic heterocycles. The van der Waals surface area contributed by atoms with Gasteiger partial charge in [0.2, 0.25) is 0 Å². The predicted molar refractivity (Wildman–Crippen MR) is 154 cm³/mol. The van der Waals surface area contributed by atoms with Gasteiger partial charge in [0, 0.05) is 55.6 Å². The van der Waals surface area contributed by atoms with Crippen molar-refractivity contribution in [3.05, 3.63) is 62.2 Å². The van der Waals surface area contributed by atoms with Gasteiger partial charge in [-0.1, -0.05) is 17.7 Å². The summed E-state index contributed by atoms with van der Waals surface area (Å²) in [6, 6.07) is -1.12. The molecule has 1 aromatic carbocycles. The molecule has 10 nitrogen and oxygen atoms in total. The highest BCUT2D eigenvalue weighted by atomic mass is 35.5. The van der Waals surface area contributed by atoms with E-state index >= 15 is 8.78 Å². The third kappa shape index (κ3) is 5.83. The highest BCUT2D eigenvalue weighted by molar-refractivity contribution is 7.11. The normalized spacial score (nSPS) is 24.3. The number of hydrogen-bond acceptors (Lipinski definition) is 10. The number of esters is 1. The third-order valence-electron chi connectivity index (χ3n) is 8.32. The van der Waals surface area contributed by atoms with Crippen LogP contribution in [0, 0.1) is 17.0 Å². The van der Waals surface area contributed by atoms with Crippen LogP contribution in [-0.2, 0) is 14.3 Å². The first-order chi connectivity index (χ1) is 20.7. The summed E-state index contributed by atoms with van der Waals surface area (Å²) in [5.41, 5.74) is -1.05. The van der Waals surface area contributed by atoms with Gasteiger partial charge in [-0.05, 0) is 26.3 Å². The molecule has 0 radical (unpaired) electrons. The number of carboxylic acid groups (broad SMARTS) is 1. The zero-order chi connectivity index (χ0) is 32.1. The number of fused-ring (bicyclic) bond motifs is 1. The lowest BCUT2D eigenvalue weighted by atomic mass is 9.89. The molecule has 3 atom stereocenters. The summed E-state index contributed by atoms with van der Waals surface area (Å²) >= 11 is 7.43. The number of hydrazine groups is 1. The molecule has 0 spiro atoms. The van der Waals surface area contributed by atoms with Crippen LogP contribution in [0.2, 0.25) is 5.02 Å². The number of nitrogens with one attached hydrogen (secondary N) is 1. The summed E-state index contributed by atoms with van der Waals surface area (Å²) in [6.07, 6.45) is 1.68. The van der Waals surface area contributed by atoms with Gasteiger partial charge in [-0.25, -0.2) is 37.4 Å². The number of methoxy groups -OCH3 is 1. The van der Waals surface area contributed by atoms with Crippen LogP contribution < -0.4 is 5.32 Å². The number of amidine groups is 1. The molecular weight excluding hydrogens is 628 g/mol. The summed E-state index contributed by atoms with van der Waals surface area (Å²) in [5.74, 6) is -7.37. The summed E-state index contributed by atoms with van der Waals surface area (Å²) in [5, 5.41) is 17.3. The number of benzene rings is 1. The molecule has 0 amide bonds. The van der Waals surface area contributed by atoms with E-state index in [4.69, 9.17) is 16.3 Å². The lowest BCUT2D eigenvalue weighted by molar-refractivity contribution is -0.148. The number of aliphatic carboxylic acids is 1. The van der Waals surface area contributed by atoms with Crippen molar-refractivity contribution in [1.29, 1.82) is 0 Å². The van der Waals surface area contributed by atoms with Gasteiger partial charge in [-0.2, -0.15) is 0 Å². The number of rotatable bonds is 9. The van der Waals surface area contributed by atoms with Crippen molar-refractivity contribution >= 4 is 40.7 Å². The zero-order valence-corrected chi connectivity index (χ0v) is 25.9. The van der Waals surface area contributed by atoms with Crippen LogP contribution in [0.15, 0.2) is 40.0 Å². The Balaban J connectivity index is 1.53. The second kappa shape index (κ2) is 12.0. The van der Waals surface area contributed by atoms with E-state index in [2.05, 4.69) is 15.3 Å². The molecule has 0 bridgehead atoms. The van der Waals surface area contributed by atoms with Crippen molar-refractivity contribution in [3.8, 4) is 0 Å². The quantitative estimate of drug-likeness (QED) is 0.235. The van der Waals surface area contributed by atoms with Gasteiger partial charge >= 0.3 is 11.9 Å². The SMILES string of the molecule is COC(=O)C1=C(CN2CC(F)(F)[C@H]3[C@@H]2CN(C)N3CCC(C)(C)C(=O)O)NC(c2nccs2)=NC1c1ccc(F)c(F)c1Cl. The summed E-state index contributed by atoms with van der Waals surface area (Å²) in [7, 11) is 2.81. The maximum Gasteiger partial charge on any atom is 0.338 e. The number of nitrogens with zero attached hydrogens (tertiary/aromatic N) is 5. The maximum absolute atomic E-state index is 15.7. The van der Waals surface area contributed by atoms with Gasteiger partial charge in [-0.15, -0.1) is 11.3 Å². The van der Waals surface area contributed by atoms with Crippen molar-refractivity contribution in [2.24, 2.45) is 10.4 Å². The molecule has 16 heteroatoms. The Morgan fingerprint density at radius 3 is 2.66 bits per heavy atom. The highest BCUT2D eigenvalue weighted by Crippen LogP contribution is 2.43. The van der Waals surface area contributed by atoms with E-state index in [1.54, 1.807) is 36.2 Å². The van der Waals surface area contributed by atoms with Gasteiger partial charge in [-0.3, -0.25) is 14.7 Å². The number of aromatic nitrogens is 1. The lowest BCUT2D eigenvalue weighted by Gasteiger charge is -2.33. The Hall–Kier alpha value is -3.11. The minimum absolute atomic E-state index is 0.0172. The lowest BCUT2D eigenvalue weighted by Crippen LogP contribution is -2.49. The first-order valence-electron chi connectivity index (χ1n) is 13.7. The Labute approximate surface area is 259 Å². The molecule has 1 unspecified atom stereocenters. The van der Waals surface area contributed by atoms with E-state index in [-0.39, 0.29) is 48.7 Å². The first kappa shape index (κ1) is 32.3. The standard InChI is InChI=1S/C28H31ClF4N6O4S/c1-27(2,26(41)42)7-9-39-22-17(12-37(39)3)38(13-28(22,32)33)11-16-18(25(40)43-4)21(14-5-6-15(30)20(31)19(14)29)36-23(35-16)24-34-8-10-44-24/h5-6,8,10,17,21-22H,7,9,11-13H2,1-4H3,(H,35,36)(H,41,42)/t17-,21?,22+/m0/s1. The smallest absolute Gasteiger partial charge is 0.338 e. The van der Waals surface area contributed by atoms with Gasteiger partial charge in [0.1, 0.15) is 12.1 Å². The topological polar surface area (TPSA) is 111 Å². The van der Waals surface area contributed by atoms with E-state index in [0.29, 0.717) is 5.01 Å². The van der Waals surface area contributed by atoms with E-state index < -0.39 is 64.6 Å². The monoisotopic (exact) mass is 658 g/mol. The van der Waals surface area contributed by atoms with Crippen molar-refractivity contribution in [2.75, 3.05) is 40.3 Å². The number of alkyl halides is 2. The molecule has 2 aromatic rings. The molecule has 5 rings (SSSR count). The van der Waals surface area contributed by atoms with Gasteiger partial charge in [0.15, 0.2) is 22.5 Å². The number of carboxylic acids is 1. The van der Waals surface area contributed by atoms with Crippen molar-refractivity contribution in [3.63, 3.8) is 0 Å². The molecule has 0 saturated carbocycles. The molecule has 44 heavy (non-hydrogen) atoms. The van der Waals surface area contributed by atoms with E-state index in [1.165, 1.54) is 28.6 Å². The number of likely N-dealkylation sites (N-methyl/N-ethyl adjacent to an activating group) is 1. The molecule has 3 aliphatic heterocycles. The van der Waals surface area contributed by atoms with Crippen LogP contribution in [0.4, 0.5) is 17.6 Å². The fourth-order valence-corrected chi connectivity index (χ4v) is 6.71. The van der Waals surface area contributed by atoms with E-state index in [1.807, 2.05) is 0 Å². The maximum atomic E-state index is 15.7. The van der Waals surface area contributed by atoms with Crippen LogP contribution in [0.1, 0.15) is 36.9 Å². The minimum Gasteiger partial charge on any atom is -0.481 e. The summed E-state index contributed by atoms with van der Waals surface area (Å²) < 4.78 is 65.1. The number of ether oxygens (including phenoxy) is 1. The zero-order valence-electron chi connectivity index (χ0n) is 24.3. The molecule has 2 saturated heterocycles. The fraction of sp³-hybridized carbons (Fsp3) is 0.500. The van der Waals surface area contributed by atoms with Crippen LogP contribution in [0.5, 0.6) is 0 Å². The van der Waals surface area contributed by atoms with E-state index in [0.717, 1.165) is 13.2 Å². The second-order valence-electron chi connectivity index (χ2n) is 11.6. The second-order valence-corrected chi connectivity index (χ2v) is 12.9. The van der Waals surface area contributed by atoms with Crippen molar-refractivity contribution in [1.82, 2.24) is 25.2 Å². The molecule has 4 heterocycles. The number of carbonyl (C=O) groups is 2. The van der Waals surface area contributed by atoms with Crippen LogP contribution in [0.25, 0.3) is 0 Å². The van der Waals surface area contributed by atoms with Gasteiger partial charge in [0.25, 0.3) is 5.92 Å². The Kier molecular flexibility index (Phi) is 8.81. The number of likely N-dealkylation sites (tertiary alicyclic amines) is 1. The van der Waals surface area contributed by atoms with Gasteiger partial charge < -0.3 is 15.2 Å². The minimum atomic E-state index is -3.18. The van der Waals surface area contributed by atoms with Crippen molar-refractivity contribution < 1.29 is 37.0 Å². The summed E-state index contributed by atoms with van der Waals surface area (Å²) in [6.45, 7) is 2.61. The Morgan fingerprint density at radius 1 is 1.30 bits per heavy atom. The molecule has 3 aliphatic rings. The molecule has 2 N–H and O–H groups in total. The average molecular weight is 659 g/mol. The van der Waals surface area contributed by atoms with E-state index in [9.17, 15) is 23.5 Å². The molecule has 0 aliphatic carbocycles. The number of aliphatic imine (C=N–C) groups is 1. The number of thiazole rings is 1. The van der Waals surface area contributed by atoms with Crippen molar-refractivity contribution in [2.45, 2.75) is 44.3 Å². The van der Waals surface area contributed by atoms with Crippen LogP contribution in [0.3, 0.4) is 0 Å². The molecule has 238 valence electrons. The number of halogens is 5. The third-order valence-corrected chi connectivity index (χ3v) is 9.49. The number of hydrogen-bond donors (Lipinski definition) is 2. The molecular formula is C28H31ClF4N6O4S. The van der Waals surface area contributed by atoms with Crippen LogP contribution >= 0.6 is 22.9 Å². The largest absolute Gasteiger partial charge is 0.481 e. The predicted octanol–water partition coefficient (Wildman–Crippen LogP) is 3.94. The average Bonchev–Trinajstić information content (AvgIpc) is 3.67. The van der Waals surface area contributed by atoms with Gasteiger partial charge in [0.05, 0.1) is 29.7 Å². The number of carbonyl (C=O) groups excluding carboxylic acids is 1. The summed E-state index contributed by atoms with van der Waals surface area (Å²) in [4.78, 5) is 35.3. The highest BCUT2D eigenvalue weighted by Gasteiger charge is 2.61. The molecule has 2 fully saturated rings.